The lowest BCUT2D eigenvalue weighted by atomic mass is 10.2. The molecule has 2 fully saturated rings. The van der Waals surface area contributed by atoms with Crippen molar-refractivity contribution in [2.45, 2.75) is 18.9 Å². The van der Waals surface area contributed by atoms with Crippen molar-refractivity contribution in [2.24, 2.45) is 0 Å². The van der Waals surface area contributed by atoms with Gasteiger partial charge in [-0.05, 0) is 49.3 Å². The molecule has 1 aromatic carbocycles. The number of methoxy groups -OCH3 is 1. The SMILES string of the molecule is COc1ccc(N2CCN(C(=S)NC[C@@H]3CCCO3)CC2)cc1. The van der Waals surface area contributed by atoms with E-state index in [1.165, 1.54) is 12.1 Å². The van der Waals surface area contributed by atoms with E-state index in [0.29, 0.717) is 6.10 Å². The fraction of sp³-hybridized carbons (Fsp3) is 0.588. The number of hydrogen-bond acceptors (Lipinski definition) is 4. The van der Waals surface area contributed by atoms with E-state index in [0.717, 1.165) is 56.6 Å². The lowest BCUT2D eigenvalue weighted by molar-refractivity contribution is 0.113. The van der Waals surface area contributed by atoms with Gasteiger partial charge in [-0.2, -0.15) is 0 Å². The number of thiocarbonyl (C=S) groups is 1. The zero-order chi connectivity index (χ0) is 16.1. The van der Waals surface area contributed by atoms with Gasteiger partial charge in [0.25, 0.3) is 0 Å². The summed E-state index contributed by atoms with van der Waals surface area (Å²) in [6, 6.07) is 8.25. The first kappa shape index (κ1) is 16.3. The van der Waals surface area contributed by atoms with Crippen molar-refractivity contribution in [1.29, 1.82) is 0 Å². The Morgan fingerprint density at radius 3 is 2.61 bits per heavy atom. The molecule has 0 amide bonds. The van der Waals surface area contributed by atoms with Crippen LogP contribution >= 0.6 is 12.2 Å². The standard InChI is InChI=1S/C17H25N3O2S/c1-21-15-6-4-14(5-7-15)19-8-10-20(11-9-19)17(23)18-13-16-3-2-12-22-16/h4-7,16H,2-3,8-13H2,1H3,(H,18,23)/t16-/m0/s1. The zero-order valence-corrected chi connectivity index (χ0v) is 14.5. The van der Waals surface area contributed by atoms with Crippen LogP contribution < -0.4 is 15.0 Å². The summed E-state index contributed by atoms with van der Waals surface area (Å²) in [5.74, 6) is 0.895. The Labute approximate surface area is 143 Å². The van der Waals surface area contributed by atoms with E-state index in [4.69, 9.17) is 21.7 Å². The molecule has 2 aliphatic rings. The minimum Gasteiger partial charge on any atom is -0.497 e. The predicted molar refractivity (Wildman–Crippen MR) is 96.4 cm³/mol. The van der Waals surface area contributed by atoms with Crippen LogP contribution in [0.1, 0.15) is 12.8 Å². The van der Waals surface area contributed by atoms with Crippen molar-refractivity contribution >= 4 is 23.0 Å². The van der Waals surface area contributed by atoms with E-state index >= 15 is 0 Å². The molecule has 0 radical (unpaired) electrons. The Hall–Kier alpha value is -1.53. The summed E-state index contributed by atoms with van der Waals surface area (Å²) >= 11 is 5.52. The predicted octanol–water partition coefficient (Wildman–Crippen LogP) is 1.87. The molecule has 23 heavy (non-hydrogen) atoms. The Kier molecular flexibility index (Phi) is 5.56. The summed E-state index contributed by atoms with van der Waals surface area (Å²) in [6.45, 7) is 5.58. The summed E-state index contributed by atoms with van der Waals surface area (Å²) < 4.78 is 10.8. The molecule has 0 bridgehead atoms. The summed E-state index contributed by atoms with van der Waals surface area (Å²) in [4.78, 5) is 4.64. The fourth-order valence-electron chi connectivity index (χ4n) is 3.08. The van der Waals surface area contributed by atoms with Gasteiger partial charge in [-0.25, -0.2) is 0 Å². The summed E-state index contributed by atoms with van der Waals surface area (Å²) in [5.41, 5.74) is 1.24. The minimum atomic E-state index is 0.327. The minimum absolute atomic E-state index is 0.327. The third-order valence-corrected chi connectivity index (χ3v) is 4.91. The van der Waals surface area contributed by atoms with E-state index in [1.807, 2.05) is 12.1 Å². The normalized spacial score (nSPS) is 21.3. The van der Waals surface area contributed by atoms with Gasteiger partial charge in [0, 0.05) is 45.0 Å². The first-order chi connectivity index (χ1) is 11.3. The van der Waals surface area contributed by atoms with Crippen LogP contribution in [0.15, 0.2) is 24.3 Å². The van der Waals surface area contributed by atoms with E-state index in [-0.39, 0.29) is 0 Å². The Balaban J connectivity index is 1.44. The van der Waals surface area contributed by atoms with Crippen molar-refractivity contribution in [2.75, 3.05) is 51.3 Å². The zero-order valence-electron chi connectivity index (χ0n) is 13.7. The van der Waals surface area contributed by atoms with Gasteiger partial charge in [-0.15, -0.1) is 0 Å². The van der Waals surface area contributed by atoms with Crippen LogP contribution in [0.2, 0.25) is 0 Å². The second kappa shape index (κ2) is 7.84. The number of nitrogens with one attached hydrogen (secondary N) is 1. The fourth-order valence-corrected chi connectivity index (χ4v) is 3.34. The number of hydrogen-bond donors (Lipinski definition) is 1. The monoisotopic (exact) mass is 335 g/mol. The maximum absolute atomic E-state index is 5.63. The molecule has 0 spiro atoms. The largest absolute Gasteiger partial charge is 0.497 e. The molecule has 3 rings (SSSR count). The van der Waals surface area contributed by atoms with Gasteiger partial charge in [0.2, 0.25) is 0 Å². The van der Waals surface area contributed by atoms with Crippen LogP contribution in [0.5, 0.6) is 5.75 Å². The molecular formula is C17H25N3O2S. The van der Waals surface area contributed by atoms with Gasteiger partial charge in [-0.1, -0.05) is 0 Å². The average Bonchev–Trinajstić information content (AvgIpc) is 3.13. The molecule has 0 saturated carbocycles. The average molecular weight is 335 g/mol. The Bertz CT molecular complexity index is 509. The van der Waals surface area contributed by atoms with Crippen LogP contribution in [-0.4, -0.2) is 62.6 Å². The molecule has 5 nitrogen and oxygen atoms in total. The van der Waals surface area contributed by atoms with Gasteiger partial charge in [0.15, 0.2) is 5.11 Å². The number of benzene rings is 1. The Morgan fingerprint density at radius 2 is 2.00 bits per heavy atom. The van der Waals surface area contributed by atoms with Crippen molar-refractivity contribution in [3.05, 3.63) is 24.3 Å². The molecule has 0 aliphatic carbocycles. The maximum atomic E-state index is 5.63. The van der Waals surface area contributed by atoms with Gasteiger partial charge >= 0.3 is 0 Å². The smallest absolute Gasteiger partial charge is 0.169 e. The maximum Gasteiger partial charge on any atom is 0.169 e. The van der Waals surface area contributed by atoms with Gasteiger partial charge in [0.1, 0.15) is 5.75 Å². The third kappa shape index (κ3) is 4.26. The molecule has 2 heterocycles. The number of anilines is 1. The molecule has 126 valence electrons. The van der Waals surface area contributed by atoms with Crippen LogP contribution in [-0.2, 0) is 4.74 Å². The molecule has 2 aliphatic heterocycles. The third-order valence-electron chi connectivity index (χ3n) is 4.51. The van der Waals surface area contributed by atoms with Crippen molar-refractivity contribution < 1.29 is 9.47 Å². The second-order valence-corrected chi connectivity index (χ2v) is 6.38. The van der Waals surface area contributed by atoms with Crippen molar-refractivity contribution in [3.63, 3.8) is 0 Å². The first-order valence-electron chi connectivity index (χ1n) is 8.29. The van der Waals surface area contributed by atoms with Crippen LogP contribution in [0.4, 0.5) is 5.69 Å². The molecule has 1 atom stereocenters. The topological polar surface area (TPSA) is 37.0 Å². The molecule has 0 unspecified atom stereocenters. The van der Waals surface area contributed by atoms with E-state index < -0.39 is 0 Å². The van der Waals surface area contributed by atoms with E-state index in [9.17, 15) is 0 Å². The molecule has 2 saturated heterocycles. The highest BCUT2D eigenvalue weighted by Gasteiger charge is 2.21. The molecule has 6 heteroatoms. The van der Waals surface area contributed by atoms with E-state index in [2.05, 4.69) is 27.2 Å². The van der Waals surface area contributed by atoms with Crippen molar-refractivity contribution in [1.82, 2.24) is 10.2 Å². The first-order valence-corrected chi connectivity index (χ1v) is 8.70. The summed E-state index contributed by atoms with van der Waals surface area (Å²) in [6.07, 6.45) is 2.63. The quantitative estimate of drug-likeness (QED) is 0.847. The molecule has 1 aromatic rings. The molecule has 1 N–H and O–H groups in total. The van der Waals surface area contributed by atoms with E-state index in [1.54, 1.807) is 7.11 Å². The Morgan fingerprint density at radius 1 is 1.26 bits per heavy atom. The lowest BCUT2D eigenvalue weighted by Crippen LogP contribution is -2.52. The second-order valence-electron chi connectivity index (χ2n) is 5.99. The van der Waals surface area contributed by atoms with Gasteiger partial charge < -0.3 is 24.6 Å². The summed E-state index contributed by atoms with van der Waals surface area (Å²) in [5, 5.41) is 4.22. The summed E-state index contributed by atoms with van der Waals surface area (Å²) in [7, 11) is 1.69. The number of piperazine rings is 1. The molecular weight excluding hydrogens is 310 g/mol. The van der Waals surface area contributed by atoms with Crippen LogP contribution in [0, 0.1) is 0 Å². The lowest BCUT2D eigenvalue weighted by Gasteiger charge is -2.37. The number of ether oxygens (including phenoxy) is 2. The van der Waals surface area contributed by atoms with Gasteiger partial charge in [-0.3, -0.25) is 0 Å². The number of nitrogens with zero attached hydrogens (tertiary/aromatic N) is 2. The highest BCUT2D eigenvalue weighted by Crippen LogP contribution is 2.20. The van der Waals surface area contributed by atoms with Crippen molar-refractivity contribution in [3.8, 4) is 5.75 Å². The van der Waals surface area contributed by atoms with Crippen LogP contribution in [0.25, 0.3) is 0 Å². The molecule has 0 aromatic heterocycles. The van der Waals surface area contributed by atoms with Gasteiger partial charge in [0.05, 0.1) is 13.2 Å². The highest BCUT2D eigenvalue weighted by atomic mass is 32.1. The number of rotatable bonds is 4. The highest BCUT2D eigenvalue weighted by molar-refractivity contribution is 7.80. The van der Waals surface area contributed by atoms with Crippen LogP contribution in [0.3, 0.4) is 0 Å².